The molecule has 0 aliphatic heterocycles. The van der Waals surface area contributed by atoms with Gasteiger partial charge in [0.25, 0.3) is 0 Å². The molecule has 1 heterocycles. The van der Waals surface area contributed by atoms with Crippen LogP contribution in [0.15, 0.2) is 72.4 Å². The Bertz CT molecular complexity index is 479. The molecular formula is C16H18N2. The van der Waals surface area contributed by atoms with Crippen LogP contribution in [0, 0.1) is 0 Å². The van der Waals surface area contributed by atoms with Crippen molar-refractivity contribution in [3.8, 4) is 0 Å². The van der Waals surface area contributed by atoms with Crippen LogP contribution in [0.1, 0.15) is 19.0 Å². The lowest BCUT2D eigenvalue weighted by atomic mass is 10.2. The van der Waals surface area contributed by atoms with Crippen LogP contribution in [0.2, 0.25) is 0 Å². The summed E-state index contributed by atoms with van der Waals surface area (Å²) < 4.78 is 0. The molecule has 18 heavy (non-hydrogen) atoms. The van der Waals surface area contributed by atoms with Gasteiger partial charge in [0.05, 0.1) is 11.4 Å². The molecular weight excluding hydrogens is 220 g/mol. The van der Waals surface area contributed by atoms with E-state index < -0.39 is 0 Å². The Hall–Kier alpha value is -2.22. The molecule has 2 heteroatoms. The number of pyridine rings is 1. The zero-order valence-corrected chi connectivity index (χ0v) is 10.7. The second kappa shape index (κ2) is 7.96. The molecule has 1 aromatic heterocycles. The average Bonchev–Trinajstić information content (AvgIpc) is 2.43. The molecule has 92 valence electrons. The summed E-state index contributed by atoms with van der Waals surface area (Å²) in [7, 11) is 0. The van der Waals surface area contributed by atoms with E-state index in [9.17, 15) is 0 Å². The summed E-state index contributed by atoms with van der Waals surface area (Å²) in [6, 6.07) is 5.78. The normalized spacial score (nSPS) is 12.2. The highest BCUT2D eigenvalue weighted by Crippen LogP contribution is 2.14. The highest BCUT2D eigenvalue weighted by molar-refractivity contribution is 5.86. The summed E-state index contributed by atoms with van der Waals surface area (Å²) in [5, 5.41) is 0. The number of aliphatic imine (C=N–C) groups is 1. The van der Waals surface area contributed by atoms with Gasteiger partial charge in [0, 0.05) is 12.4 Å². The van der Waals surface area contributed by atoms with E-state index in [0.29, 0.717) is 0 Å². The molecule has 0 aliphatic rings. The van der Waals surface area contributed by atoms with Gasteiger partial charge in [-0.2, -0.15) is 0 Å². The Labute approximate surface area is 109 Å². The summed E-state index contributed by atoms with van der Waals surface area (Å²) in [6.45, 7) is 9.45. The molecule has 0 saturated heterocycles. The van der Waals surface area contributed by atoms with Crippen molar-refractivity contribution < 1.29 is 0 Å². The van der Waals surface area contributed by atoms with Crippen LogP contribution in [0.3, 0.4) is 0 Å². The smallest absolute Gasteiger partial charge is 0.0882 e. The highest BCUT2D eigenvalue weighted by Gasteiger charge is 1.98. The van der Waals surface area contributed by atoms with Gasteiger partial charge in [-0.3, -0.25) is 9.98 Å². The molecule has 0 amide bonds. The number of rotatable bonds is 6. The highest BCUT2D eigenvalue weighted by atomic mass is 14.8. The summed E-state index contributed by atoms with van der Waals surface area (Å²) in [4.78, 5) is 8.71. The Morgan fingerprint density at radius 3 is 2.89 bits per heavy atom. The van der Waals surface area contributed by atoms with Crippen molar-refractivity contribution in [1.29, 1.82) is 0 Å². The fourth-order valence-electron chi connectivity index (χ4n) is 1.26. The second-order valence-electron chi connectivity index (χ2n) is 3.65. The van der Waals surface area contributed by atoms with Crippen LogP contribution in [-0.4, -0.2) is 11.2 Å². The Balaban J connectivity index is 2.95. The molecule has 0 N–H and O–H groups in total. The molecule has 0 fully saturated rings. The Morgan fingerprint density at radius 1 is 1.44 bits per heavy atom. The van der Waals surface area contributed by atoms with Crippen molar-refractivity contribution in [1.82, 2.24) is 4.98 Å². The lowest BCUT2D eigenvalue weighted by molar-refractivity contribution is 1.24. The van der Waals surface area contributed by atoms with E-state index in [0.717, 1.165) is 23.4 Å². The Kier molecular flexibility index (Phi) is 6.12. The van der Waals surface area contributed by atoms with Crippen molar-refractivity contribution in [3.63, 3.8) is 0 Å². The number of hydrogen-bond donors (Lipinski definition) is 0. The number of nitrogens with zero attached hydrogens (tertiary/aromatic N) is 2. The molecule has 0 aromatic carbocycles. The monoisotopic (exact) mass is 238 g/mol. The summed E-state index contributed by atoms with van der Waals surface area (Å²) in [5.74, 6) is 0. The predicted octanol–water partition coefficient (Wildman–Crippen LogP) is 4.20. The third-order valence-corrected chi connectivity index (χ3v) is 2.24. The fraction of sp³-hybridized carbons (Fsp3) is 0.125. The van der Waals surface area contributed by atoms with Crippen LogP contribution >= 0.6 is 0 Å². The molecule has 1 rings (SSSR count). The third kappa shape index (κ3) is 4.74. The molecule has 0 aliphatic carbocycles. The van der Waals surface area contributed by atoms with Gasteiger partial charge in [0.2, 0.25) is 0 Å². The first kappa shape index (κ1) is 13.8. The molecule has 0 bridgehead atoms. The van der Waals surface area contributed by atoms with E-state index >= 15 is 0 Å². The van der Waals surface area contributed by atoms with Crippen LogP contribution in [-0.2, 0) is 0 Å². The van der Waals surface area contributed by atoms with E-state index in [1.807, 2.05) is 37.3 Å². The molecule has 0 unspecified atom stereocenters. The van der Waals surface area contributed by atoms with Crippen molar-refractivity contribution in [2.24, 2.45) is 4.99 Å². The van der Waals surface area contributed by atoms with Crippen molar-refractivity contribution in [2.75, 3.05) is 0 Å². The molecule has 0 spiro atoms. The van der Waals surface area contributed by atoms with Gasteiger partial charge < -0.3 is 0 Å². The standard InChI is InChI=1S/C16H18N2/c1-4-6-7-10-16(18-13-14(3)5-2)15-11-8-9-12-17-15/h4-6,8-13H,2-3,7H2,1H3/b6-4-,16-10-,18-13?. The van der Waals surface area contributed by atoms with Gasteiger partial charge in [-0.05, 0) is 31.1 Å². The van der Waals surface area contributed by atoms with Crippen LogP contribution in [0.25, 0.3) is 5.70 Å². The van der Waals surface area contributed by atoms with Crippen LogP contribution in [0.5, 0.6) is 0 Å². The number of hydrogen-bond acceptors (Lipinski definition) is 2. The maximum Gasteiger partial charge on any atom is 0.0882 e. The first-order chi connectivity index (χ1) is 8.77. The van der Waals surface area contributed by atoms with Crippen LogP contribution in [0.4, 0.5) is 0 Å². The summed E-state index contributed by atoms with van der Waals surface area (Å²) >= 11 is 0. The quantitative estimate of drug-likeness (QED) is 0.414. The van der Waals surface area contributed by atoms with E-state index in [1.54, 1.807) is 18.5 Å². The van der Waals surface area contributed by atoms with Crippen LogP contribution < -0.4 is 0 Å². The summed E-state index contributed by atoms with van der Waals surface area (Å²) in [6.07, 6.45) is 12.1. The third-order valence-electron chi connectivity index (χ3n) is 2.24. The Morgan fingerprint density at radius 2 is 2.28 bits per heavy atom. The number of aromatic nitrogens is 1. The zero-order valence-electron chi connectivity index (χ0n) is 10.7. The zero-order chi connectivity index (χ0) is 13.2. The van der Waals surface area contributed by atoms with Gasteiger partial charge >= 0.3 is 0 Å². The fourth-order valence-corrected chi connectivity index (χ4v) is 1.26. The van der Waals surface area contributed by atoms with Gasteiger partial charge in [0.1, 0.15) is 0 Å². The topological polar surface area (TPSA) is 25.2 Å². The average molecular weight is 238 g/mol. The molecule has 0 radical (unpaired) electrons. The molecule has 2 nitrogen and oxygen atoms in total. The maximum absolute atomic E-state index is 4.41. The second-order valence-corrected chi connectivity index (χ2v) is 3.65. The minimum Gasteiger partial charge on any atom is -0.255 e. The van der Waals surface area contributed by atoms with E-state index in [4.69, 9.17) is 0 Å². The van der Waals surface area contributed by atoms with Gasteiger partial charge in [-0.1, -0.05) is 43.5 Å². The minimum absolute atomic E-state index is 0.780. The minimum atomic E-state index is 0.780. The maximum atomic E-state index is 4.41. The van der Waals surface area contributed by atoms with Crippen molar-refractivity contribution >= 4 is 11.9 Å². The van der Waals surface area contributed by atoms with E-state index in [2.05, 4.69) is 29.2 Å². The van der Waals surface area contributed by atoms with Gasteiger partial charge in [-0.15, -0.1) is 0 Å². The lowest BCUT2D eigenvalue weighted by Crippen LogP contribution is -1.87. The first-order valence-corrected chi connectivity index (χ1v) is 5.86. The van der Waals surface area contributed by atoms with E-state index in [1.165, 1.54) is 0 Å². The summed E-state index contributed by atoms with van der Waals surface area (Å²) in [5.41, 5.74) is 2.48. The molecule has 0 atom stereocenters. The molecule has 1 aromatic rings. The molecule has 0 saturated carbocycles. The van der Waals surface area contributed by atoms with Gasteiger partial charge in [0.15, 0.2) is 0 Å². The lowest BCUT2D eigenvalue weighted by Gasteiger charge is -2.00. The SMILES string of the molecule is C=CC(=C)C=N/C(=C\C/C=C\C)c1ccccn1. The van der Waals surface area contributed by atoms with Crippen molar-refractivity contribution in [3.05, 3.63) is 73.1 Å². The van der Waals surface area contributed by atoms with Crippen molar-refractivity contribution in [2.45, 2.75) is 13.3 Å². The van der Waals surface area contributed by atoms with Gasteiger partial charge in [-0.25, -0.2) is 0 Å². The number of allylic oxidation sites excluding steroid dienone is 5. The predicted molar refractivity (Wildman–Crippen MR) is 79.5 cm³/mol. The largest absolute Gasteiger partial charge is 0.255 e. The van der Waals surface area contributed by atoms with E-state index in [-0.39, 0.29) is 0 Å². The first-order valence-electron chi connectivity index (χ1n) is 5.86.